The molecular formula is C22H25F6N3O5. The minimum absolute atomic E-state index is 0.675. The second-order valence-corrected chi connectivity index (χ2v) is 8.09. The maximum absolute atomic E-state index is 10.6. The first-order valence-electron chi connectivity index (χ1n) is 10.7. The van der Waals surface area contributed by atoms with Gasteiger partial charge in [0.15, 0.2) is 0 Å². The van der Waals surface area contributed by atoms with Crippen molar-refractivity contribution in [1.29, 1.82) is 0 Å². The van der Waals surface area contributed by atoms with Crippen LogP contribution in [0.4, 0.5) is 26.3 Å². The number of aryl methyl sites for hydroxylation is 1. The van der Waals surface area contributed by atoms with Crippen molar-refractivity contribution in [3.8, 4) is 0 Å². The Bertz CT molecular complexity index is 972. The number of fused-ring (bicyclic) bond motifs is 1. The number of hydrogen-bond acceptors (Lipinski definition) is 6. The van der Waals surface area contributed by atoms with E-state index in [0.717, 1.165) is 24.6 Å². The number of nitrogens with zero attached hydrogens (tertiary/aromatic N) is 3. The second-order valence-electron chi connectivity index (χ2n) is 8.09. The zero-order chi connectivity index (χ0) is 27.1. The lowest BCUT2D eigenvalue weighted by atomic mass is 10.1. The van der Waals surface area contributed by atoms with Crippen LogP contribution in [0.25, 0.3) is 0 Å². The average Bonchev–Trinajstić information content (AvgIpc) is 3.47. The monoisotopic (exact) mass is 525 g/mol. The number of rotatable bonds is 4. The van der Waals surface area contributed by atoms with Crippen molar-refractivity contribution in [3.05, 3.63) is 53.7 Å². The Balaban J connectivity index is 0.000000271. The number of hydrogen-bond donors (Lipinski definition) is 2. The number of carbonyl (C=O) groups is 2. The third kappa shape index (κ3) is 8.82. The minimum atomic E-state index is -5.08. The molecule has 8 nitrogen and oxygen atoms in total. The van der Waals surface area contributed by atoms with Gasteiger partial charge in [-0.2, -0.15) is 26.3 Å². The number of carboxylic acids is 2. The fourth-order valence-corrected chi connectivity index (χ4v) is 4.03. The largest absolute Gasteiger partial charge is 0.490 e. The van der Waals surface area contributed by atoms with Gasteiger partial charge in [0.05, 0.1) is 12.2 Å². The summed E-state index contributed by atoms with van der Waals surface area (Å²) in [6.07, 6.45) is -5.75. The number of carboxylic acid groups (broad SMARTS) is 2. The first-order chi connectivity index (χ1) is 16.7. The van der Waals surface area contributed by atoms with Crippen molar-refractivity contribution in [2.45, 2.75) is 57.3 Å². The fourth-order valence-electron chi connectivity index (χ4n) is 4.03. The van der Waals surface area contributed by atoms with E-state index in [-0.39, 0.29) is 0 Å². The van der Waals surface area contributed by atoms with Crippen molar-refractivity contribution in [1.82, 2.24) is 14.8 Å². The summed E-state index contributed by atoms with van der Waals surface area (Å²) in [5.74, 6) is -3.41. The van der Waals surface area contributed by atoms with Gasteiger partial charge in [0.2, 0.25) is 0 Å². The lowest BCUT2D eigenvalue weighted by Gasteiger charge is -2.25. The van der Waals surface area contributed by atoms with Gasteiger partial charge in [-0.1, -0.05) is 6.07 Å². The maximum Gasteiger partial charge on any atom is 0.490 e. The number of pyridine rings is 1. The molecular weight excluding hydrogens is 500 g/mol. The van der Waals surface area contributed by atoms with Crippen LogP contribution < -0.4 is 0 Å². The van der Waals surface area contributed by atoms with Crippen molar-refractivity contribution < 1.29 is 50.6 Å². The van der Waals surface area contributed by atoms with Crippen molar-refractivity contribution in [3.63, 3.8) is 0 Å². The molecule has 14 heteroatoms. The summed E-state index contributed by atoms with van der Waals surface area (Å²) in [4.78, 5) is 27.5. The van der Waals surface area contributed by atoms with Crippen LogP contribution in [0.1, 0.15) is 30.1 Å². The quantitative estimate of drug-likeness (QED) is 0.575. The molecule has 2 fully saturated rings. The van der Waals surface area contributed by atoms with Crippen LogP contribution in [0.3, 0.4) is 0 Å². The van der Waals surface area contributed by atoms with E-state index in [9.17, 15) is 26.3 Å². The molecule has 0 bridgehead atoms. The maximum atomic E-state index is 10.6. The van der Waals surface area contributed by atoms with Crippen LogP contribution in [0.2, 0.25) is 0 Å². The summed E-state index contributed by atoms with van der Waals surface area (Å²) in [7, 11) is 0. The highest BCUT2D eigenvalue weighted by molar-refractivity contribution is 5.73. The molecule has 2 saturated heterocycles. The third-order valence-corrected chi connectivity index (χ3v) is 5.54. The van der Waals surface area contributed by atoms with E-state index < -0.39 is 24.3 Å². The van der Waals surface area contributed by atoms with Crippen LogP contribution in [0, 0.1) is 6.92 Å². The molecule has 0 aromatic carbocycles. The van der Waals surface area contributed by atoms with Gasteiger partial charge >= 0.3 is 24.3 Å². The Hall–Kier alpha value is -3.13. The molecule has 2 N–H and O–H groups in total. The minimum Gasteiger partial charge on any atom is -0.475 e. The summed E-state index contributed by atoms with van der Waals surface area (Å²) in [5.41, 5.74) is 1.18. The second kappa shape index (κ2) is 12.2. The number of likely N-dealkylation sites (tertiary alicyclic amines) is 2. The van der Waals surface area contributed by atoms with Gasteiger partial charge in [0.1, 0.15) is 11.5 Å². The predicted octanol–water partition coefficient (Wildman–Crippen LogP) is 4.10. The normalized spacial score (nSPS) is 20.1. The highest BCUT2D eigenvalue weighted by Crippen LogP contribution is 2.33. The number of halogens is 6. The van der Waals surface area contributed by atoms with Crippen LogP contribution in [-0.4, -0.2) is 74.5 Å². The molecule has 0 saturated carbocycles. The van der Waals surface area contributed by atoms with Crippen LogP contribution >= 0.6 is 0 Å². The molecule has 36 heavy (non-hydrogen) atoms. The van der Waals surface area contributed by atoms with E-state index in [2.05, 4.69) is 39.0 Å². The molecule has 4 rings (SSSR count). The lowest BCUT2D eigenvalue weighted by molar-refractivity contribution is -0.193. The Morgan fingerprint density at radius 1 is 0.917 bits per heavy atom. The summed E-state index contributed by atoms with van der Waals surface area (Å²) in [6, 6.07) is 11.7. The highest BCUT2D eigenvalue weighted by atomic mass is 19.4. The number of furan rings is 1. The Morgan fingerprint density at radius 3 is 1.81 bits per heavy atom. The van der Waals surface area contributed by atoms with Gasteiger partial charge in [-0.25, -0.2) is 9.59 Å². The summed E-state index contributed by atoms with van der Waals surface area (Å²) >= 11 is 0. The molecule has 2 aliphatic rings. The van der Waals surface area contributed by atoms with Crippen LogP contribution in [0.5, 0.6) is 0 Å². The van der Waals surface area contributed by atoms with E-state index >= 15 is 0 Å². The Labute approximate surface area is 202 Å². The van der Waals surface area contributed by atoms with Crippen LogP contribution in [0.15, 0.2) is 40.9 Å². The molecule has 2 atom stereocenters. The van der Waals surface area contributed by atoms with Crippen molar-refractivity contribution in [2.75, 3.05) is 13.1 Å². The molecule has 0 radical (unpaired) electrons. The summed E-state index contributed by atoms with van der Waals surface area (Å²) in [6.45, 7) is 6.30. The predicted molar refractivity (Wildman–Crippen MR) is 113 cm³/mol. The standard InChI is InChI=1S/C18H23N3O.2C2HF3O2/c1-14-5-6-16(22-14)13-21-11-8-17-18(21)7-10-20(17)12-15-4-2-3-9-19-15;2*3-2(4,5)1(6)7/h2-6,9,17-18H,7-8,10-13H2,1H3;2*(H,6,7)/t17-,18+;;/m1../s1. The topological polar surface area (TPSA) is 107 Å². The fraction of sp³-hybridized carbons (Fsp3) is 0.500. The van der Waals surface area contributed by atoms with E-state index in [1.54, 1.807) is 0 Å². The molecule has 0 spiro atoms. The molecule has 0 amide bonds. The molecule has 0 unspecified atom stereocenters. The number of aromatic nitrogens is 1. The van der Waals surface area contributed by atoms with Crippen LogP contribution in [-0.2, 0) is 22.7 Å². The SMILES string of the molecule is Cc1ccc(CN2CC[C@@H]3[C@@H]2CCN3Cc2ccccn2)o1.O=C(O)C(F)(F)F.O=C(O)C(F)(F)F. The van der Waals surface area contributed by atoms with Gasteiger partial charge in [-0.15, -0.1) is 0 Å². The average molecular weight is 525 g/mol. The Morgan fingerprint density at radius 2 is 1.42 bits per heavy atom. The number of aliphatic carboxylic acids is 2. The zero-order valence-corrected chi connectivity index (χ0v) is 19.1. The molecule has 200 valence electrons. The molecule has 4 heterocycles. The van der Waals surface area contributed by atoms with Crippen molar-refractivity contribution >= 4 is 11.9 Å². The zero-order valence-electron chi connectivity index (χ0n) is 19.1. The first kappa shape index (κ1) is 29.1. The Kier molecular flexibility index (Phi) is 9.87. The van der Waals surface area contributed by atoms with Crippen molar-refractivity contribution in [2.24, 2.45) is 0 Å². The smallest absolute Gasteiger partial charge is 0.475 e. The van der Waals surface area contributed by atoms with Gasteiger partial charge in [-0.3, -0.25) is 14.8 Å². The van der Waals surface area contributed by atoms with E-state index in [0.29, 0.717) is 12.1 Å². The van der Waals surface area contributed by atoms with E-state index in [1.165, 1.54) is 31.6 Å². The summed E-state index contributed by atoms with van der Waals surface area (Å²) < 4.78 is 69.2. The molecule has 2 aliphatic heterocycles. The van der Waals surface area contributed by atoms with Gasteiger partial charge in [0, 0.05) is 37.9 Å². The molecule has 2 aromatic rings. The van der Waals surface area contributed by atoms with E-state index in [1.807, 2.05) is 19.2 Å². The van der Waals surface area contributed by atoms with Gasteiger partial charge in [0.25, 0.3) is 0 Å². The highest BCUT2D eigenvalue weighted by Gasteiger charge is 2.42. The first-order valence-corrected chi connectivity index (χ1v) is 10.7. The third-order valence-electron chi connectivity index (χ3n) is 5.54. The molecule has 0 aliphatic carbocycles. The lowest BCUT2D eigenvalue weighted by Crippen LogP contribution is -2.36. The van der Waals surface area contributed by atoms with E-state index in [4.69, 9.17) is 24.2 Å². The van der Waals surface area contributed by atoms with Gasteiger partial charge < -0.3 is 14.6 Å². The number of alkyl halides is 6. The van der Waals surface area contributed by atoms with Gasteiger partial charge in [-0.05, 0) is 44.0 Å². The summed E-state index contributed by atoms with van der Waals surface area (Å²) in [5, 5.41) is 14.2. The molecule has 2 aromatic heterocycles.